The van der Waals surface area contributed by atoms with Crippen molar-refractivity contribution in [2.24, 2.45) is 17.8 Å². The van der Waals surface area contributed by atoms with Gasteiger partial charge >= 0.3 is 0 Å². The van der Waals surface area contributed by atoms with Crippen molar-refractivity contribution in [1.82, 2.24) is 39.9 Å². The van der Waals surface area contributed by atoms with E-state index in [0.717, 1.165) is 28.4 Å². The molecule has 1 fully saturated rings. The summed E-state index contributed by atoms with van der Waals surface area (Å²) in [5, 5.41) is 9.07. The third kappa shape index (κ3) is 13.1. The minimum Gasteiger partial charge on any atom is -0.378 e. The number of nitrogens with zero attached hydrogens (tertiary/aromatic N) is 6. The highest BCUT2D eigenvalue weighted by Crippen LogP contribution is 2.30. The van der Waals surface area contributed by atoms with E-state index < -0.39 is 36.3 Å². The third-order valence-electron chi connectivity index (χ3n) is 12.5. The molecule has 63 heavy (non-hydrogen) atoms. The second kappa shape index (κ2) is 24.0. The van der Waals surface area contributed by atoms with E-state index in [1.807, 2.05) is 100 Å². The van der Waals surface area contributed by atoms with Gasteiger partial charge in [-0.2, -0.15) is 0 Å². The molecule has 2 N–H and O–H groups in total. The Labute approximate surface area is 380 Å². The number of amides is 4. The molecule has 0 saturated carbocycles. The van der Waals surface area contributed by atoms with E-state index in [0.29, 0.717) is 32.4 Å². The Kier molecular flexibility index (Phi) is 19.5. The summed E-state index contributed by atoms with van der Waals surface area (Å²) < 4.78 is 14.2. The van der Waals surface area contributed by atoms with Crippen LogP contribution in [0.15, 0.2) is 66.5 Å². The smallest absolute Gasteiger partial charge is 0.245 e. The summed E-state index contributed by atoms with van der Waals surface area (Å²) >= 11 is 1.50. The summed E-state index contributed by atoms with van der Waals surface area (Å²) in [5.41, 5.74) is 1.81. The molecule has 3 heterocycles. The molecular weight excluding hydrogens is 817 g/mol. The highest BCUT2D eigenvalue weighted by molar-refractivity contribution is 7.09. The first-order valence-electron chi connectivity index (χ1n) is 22.5. The zero-order chi connectivity index (χ0) is 46.5. The van der Waals surface area contributed by atoms with E-state index in [1.165, 1.54) is 11.3 Å². The van der Waals surface area contributed by atoms with Crippen molar-refractivity contribution >= 4 is 35.0 Å². The normalized spacial score (nSPS) is 17.7. The van der Waals surface area contributed by atoms with Crippen LogP contribution in [0.5, 0.6) is 0 Å². The number of carbonyl (C=O) groups excluding carboxylic acids is 4. The Morgan fingerprint density at radius 1 is 0.921 bits per heavy atom. The molecule has 0 spiro atoms. The first-order valence-corrected chi connectivity index (χ1v) is 23.4. The number of aromatic nitrogens is 3. The number of nitrogens with one attached hydrogen (secondary N) is 2. The van der Waals surface area contributed by atoms with E-state index in [4.69, 9.17) is 9.47 Å². The van der Waals surface area contributed by atoms with Crippen molar-refractivity contribution in [1.29, 1.82) is 0 Å². The molecule has 0 radical (unpaired) electrons. The summed E-state index contributed by atoms with van der Waals surface area (Å²) in [4.78, 5) is 71.6. The van der Waals surface area contributed by atoms with Gasteiger partial charge in [-0.05, 0) is 64.0 Å². The Morgan fingerprint density at radius 2 is 1.62 bits per heavy atom. The van der Waals surface area contributed by atoms with Gasteiger partial charge in [0.05, 0.1) is 55.3 Å². The zero-order valence-corrected chi connectivity index (χ0v) is 40.6. The fourth-order valence-electron chi connectivity index (χ4n) is 9.03. The summed E-state index contributed by atoms with van der Waals surface area (Å²) in [6, 6.07) is 7.50. The van der Waals surface area contributed by atoms with E-state index in [9.17, 15) is 19.2 Å². The van der Waals surface area contributed by atoms with Gasteiger partial charge in [0.1, 0.15) is 16.9 Å². The fraction of sp³-hybridized carbons (Fsp3) is 0.625. The molecule has 15 heteroatoms. The molecule has 4 amide bonds. The van der Waals surface area contributed by atoms with Crippen molar-refractivity contribution in [2.75, 3.05) is 34.9 Å². The van der Waals surface area contributed by atoms with E-state index in [-0.39, 0.29) is 60.0 Å². The lowest BCUT2D eigenvalue weighted by atomic mass is 9.92. The quantitative estimate of drug-likeness (QED) is 0.0967. The number of ether oxygens (including phenoxy) is 2. The van der Waals surface area contributed by atoms with Crippen molar-refractivity contribution in [3.05, 3.63) is 82.8 Å². The molecule has 0 bridgehead atoms. The van der Waals surface area contributed by atoms with Crippen LogP contribution in [-0.2, 0) is 41.6 Å². The van der Waals surface area contributed by atoms with Gasteiger partial charge in [-0.3, -0.25) is 24.1 Å². The second-order valence-corrected chi connectivity index (χ2v) is 18.9. The first kappa shape index (κ1) is 51.2. The lowest BCUT2D eigenvalue weighted by Gasteiger charge is -2.39. The molecule has 8 atom stereocenters. The third-order valence-corrected chi connectivity index (χ3v) is 13.4. The second-order valence-electron chi connectivity index (χ2n) is 18.0. The van der Waals surface area contributed by atoms with E-state index >= 15 is 0 Å². The van der Waals surface area contributed by atoms with Gasteiger partial charge in [0, 0.05) is 57.8 Å². The van der Waals surface area contributed by atoms with Gasteiger partial charge in [-0.25, -0.2) is 9.97 Å². The SMILES string of the molecule is C=C(CC)[C@@H]([C@@H](CC(=O)N1CCC[C@H]1[C@H](OC)[C@@H](C)C(=O)N[C@@H](Cc1ccccc1)c1nccs1)OC)N(C)C(=O)[C@@H](NC(=O)[C@H](C(C)C)N(C)Cc1nccn1C(C)C)C(C)C. The summed E-state index contributed by atoms with van der Waals surface area (Å²) in [6.45, 7) is 21.1. The number of likely N-dealkylation sites (N-methyl/N-ethyl adjacent to an activating group) is 2. The predicted molar refractivity (Wildman–Crippen MR) is 249 cm³/mol. The fourth-order valence-corrected chi connectivity index (χ4v) is 9.72. The van der Waals surface area contributed by atoms with Crippen LogP contribution in [-0.4, -0.2) is 124 Å². The molecular formula is C48H74N8O6S. The molecule has 1 saturated heterocycles. The van der Waals surface area contributed by atoms with Crippen LogP contribution in [0.3, 0.4) is 0 Å². The first-order chi connectivity index (χ1) is 29.9. The van der Waals surface area contributed by atoms with E-state index in [1.54, 1.807) is 38.6 Å². The van der Waals surface area contributed by atoms with E-state index in [2.05, 4.69) is 45.6 Å². The lowest BCUT2D eigenvalue weighted by Crippen LogP contribution is -2.59. The van der Waals surface area contributed by atoms with Crippen LogP contribution in [0.4, 0.5) is 0 Å². The molecule has 4 rings (SSSR count). The van der Waals surface area contributed by atoms with Crippen molar-refractivity contribution in [3.8, 4) is 0 Å². The zero-order valence-electron chi connectivity index (χ0n) is 39.7. The van der Waals surface area contributed by atoms with Crippen LogP contribution < -0.4 is 10.6 Å². The Bertz CT molecular complexity index is 1920. The van der Waals surface area contributed by atoms with Gasteiger partial charge in [0.15, 0.2) is 0 Å². The Morgan fingerprint density at radius 3 is 2.19 bits per heavy atom. The number of likely N-dealkylation sites (tertiary alicyclic amines) is 1. The summed E-state index contributed by atoms with van der Waals surface area (Å²) in [7, 11) is 6.73. The number of methoxy groups -OCH3 is 2. The van der Waals surface area contributed by atoms with Crippen LogP contribution in [0.1, 0.15) is 110 Å². The number of thiazole rings is 1. The number of rotatable bonds is 24. The van der Waals surface area contributed by atoms with Gasteiger partial charge in [0.25, 0.3) is 0 Å². The van der Waals surface area contributed by atoms with Crippen LogP contribution in [0, 0.1) is 17.8 Å². The summed E-state index contributed by atoms with van der Waals surface area (Å²) in [5.74, 6) is -0.902. The number of imidazole rings is 1. The van der Waals surface area contributed by atoms with Gasteiger partial charge in [0.2, 0.25) is 23.6 Å². The lowest BCUT2D eigenvalue weighted by molar-refractivity contribution is -0.145. The maximum Gasteiger partial charge on any atom is 0.245 e. The topological polar surface area (TPSA) is 151 Å². The van der Waals surface area contributed by atoms with Gasteiger partial charge < -0.3 is 34.5 Å². The molecule has 1 aliphatic heterocycles. The molecule has 14 nitrogen and oxygen atoms in total. The number of benzene rings is 1. The van der Waals surface area contributed by atoms with Crippen LogP contribution in [0.25, 0.3) is 0 Å². The van der Waals surface area contributed by atoms with Crippen LogP contribution >= 0.6 is 11.3 Å². The molecule has 3 aromatic rings. The average Bonchev–Trinajstić information content (AvgIpc) is 4.06. The highest BCUT2D eigenvalue weighted by atomic mass is 32.1. The minimum atomic E-state index is -0.851. The maximum absolute atomic E-state index is 14.6. The predicted octanol–water partition coefficient (Wildman–Crippen LogP) is 6.46. The molecule has 0 aliphatic carbocycles. The molecule has 348 valence electrons. The standard InChI is InChI=1S/C48H74N8O6S/c1-14-33(8)43(54(11)48(60)41(30(2)3)52-46(59)42(31(4)5)53(10)29-39-49-22-25-55(39)32(6)7)38(61-12)28-40(57)56-24-18-21-37(56)44(62-13)34(9)45(58)51-36(47-50-23-26-63-47)27-35-19-16-15-17-20-35/h15-17,19-20,22-23,25-26,30-32,34,36-38,41-44H,8,14,18,21,24,27-29H2,1-7,9-13H3,(H,51,58)(H,52,59)/t34-,36+,37+,38-,41+,42+,43+,44-/m1/s1. The molecule has 2 aromatic heterocycles. The number of hydrogen-bond donors (Lipinski definition) is 2. The number of hydrogen-bond acceptors (Lipinski definition) is 10. The monoisotopic (exact) mass is 891 g/mol. The summed E-state index contributed by atoms with van der Waals surface area (Å²) in [6.07, 6.45) is 6.68. The minimum absolute atomic E-state index is 0.0282. The van der Waals surface area contributed by atoms with Gasteiger partial charge in [-0.1, -0.05) is 84.0 Å². The number of carbonyl (C=O) groups is 4. The van der Waals surface area contributed by atoms with Gasteiger partial charge in [-0.15, -0.1) is 11.3 Å². The van der Waals surface area contributed by atoms with Crippen molar-refractivity contribution < 1.29 is 28.7 Å². The maximum atomic E-state index is 14.6. The molecule has 1 aliphatic rings. The largest absolute Gasteiger partial charge is 0.378 e. The van der Waals surface area contributed by atoms with Crippen LogP contribution in [0.2, 0.25) is 0 Å². The molecule has 0 unspecified atom stereocenters. The Hall–Kier alpha value is -4.44. The highest BCUT2D eigenvalue weighted by Gasteiger charge is 2.43. The molecule has 1 aromatic carbocycles. The Balaban J connectivity index is 1.49. The van der Waals surface area contributed by atoms with Crippen molar-refractivity contribution in [2.45, 2.75) is 142 Å². The van der Waals surface area contributed by atoms with Crippen molar-refractivity contribution in [3.63, 3.8) is 0 Å². The average molecular weight is 891 g/mol.